The number of aliphatic hydroxyl groups is 1. The van der Waals surface area contributed by atoms with Crippen molar-refractivity contribution >= 4 is 0 Å². The van der Waals surface area contributed by atoms with Gasteiger partial charge in [0.1, 0.15) is 0 Å². The van der Waals surface area contributed by atoms with E-state index in [4.69, 9.17) is 4.74 Å². The van der Waals surface area contributed by atoms with Crippen LogP contribution in [-0.2, 0) is 4.74 Å². The van der Waals surface area contributed by atoms with Crippen molar-refractivity contribution in [3.8, 4) is 0 Å². The summed E-state index contributed by atoms with van der Waals surface area (Å²) in [7, 11) is 2.13. The zero-order valence-corrected chi connectivity index (χ0v) is 13.0. The SMILES string of the molecule is CCC(C)N(C)CCNCC(O)COC(C)(C)C. The van der Waals surface area contributed by atoms with Gasteiger partial charge in [0.15, 0.2) is 0 Å². The Hall–Kier alpha value is -0.160. The maximum Gasteiger partial charge on any atom is 0.0897 e. The molecule has 0 aliphatic carbocycles. The van der Waals surface area contributed by atoms with Gasteiger partial charge >= 0.3 is 0 Å². The summed E-state index contributed by atoms with van der Waals surface area (Å²) < 4.78 is 5.52. The minimum atomic E-state index is -0.432. The fraction of sp³-hybridized carbons (Fsp3) is 1.00. The Bertz CT molecular complexity index is 204. The standard InChI is InChI=1S/C14H32N2O2/c1-7-12(2)16(6)9-8-15-10-13(17)11-18-14(3,4)5/h12-13,15,17H,7-11H2,1-6H3. The molecular weight excluding hydrogens is 228 g/mol. The number of likely N-dealkylation sites (N-methyl/N-ethyl adjacent to an activating group) is 1. The van der Waals surface area contributed by atoms with Crippen molar-refractivity contribution < 1.29 is 9.84 Å². The van der Waals surface area contributed by atoms with Crippen LogP contribution < -0.4 is 5.32 Å². The Kier molecular flexibility index (Phi) is 8.78. The van der Waals surface area contributed by atoms with Crippen LogP contribution in [0.2, 0.25) is 0 Å². The Morgan fingerprint density at radius 2 is 1.94 bits per heavy atom. The summed E-state index contributed by atoms with van der Waals surface area (Å²) in [5.41, 5.74) is -0.183. The monoisotopic (exact) mass is 260 g/mol. The lowest BCUT2D eigenvalue weighted by Crippen LogP contribution is -2.39. The van der Waals surface area contributed by atoms with Crippen LogP contribution in [-0.4, -0.2) is 61.0 Å². The van der Waals surface area contributed by atoms with Crippen LogP contribution in [0.25, 0.3) is 0 Å². The zero-order chi connectivity index (χ0) is 14.2. The van der Waals surface area contributed by atoms with E-state index in [0.717, 1.165) is 13.1 Å². The first-order chi connectivity index (χ1) is 8.26. The van der Waals surface area contributed by atoms with E-state index in [9.17, 15) is 5.11 Å². The van der Waals surface area contributed by atoms with Gasteiger partial charge in [-0.05, 0) is 41.2 Å². The molecule has 0 aromatic carbocycles. The first-order valence-corrected chi connectivity index (χ1v) is 6.99. The quantitative estimate of drug-likeness (QED) is 0.617. The summed E-state index contributed by atoms with van der Waals surface area (Å²) in [5.74, 6) is 0. The summed E-state index contributed by atoms with van der Waals surface area (Å²) in [6, 6.07) is 0.612. The van der Waals surface area contributed by atoms with Crippen molar-refractivity contribution in [1.29, 1.82) is 0 Å². The molecule has 2 atom stereocenters. The largest absolute Gasteiger partial charge is 0.389 e. The minimum Gasteiger partial charge on any atom is -0.389 e. The molecule has 0 radical (unpaired) electrons. The molecule has 0 bridgehead atoms. The molecule has 4 nitrogen and oxygen atoms in total. The van der Waals surface area contributed by atoms with Crippen molar-refractivity contribution in [3.63, 3.8) is 0 Å². The first kappa shape index (κ1) is 17.8. The second-order valence-electron chi connectivity index (χ2n) is 6.02. The topological polar surface area (TPSA) is 44.7 Å². The molecule has 0 aromatic heterocycles. The predicted octanol–water partition coefficient (Wildman–Crippen LogP) is 1.48. The van der Waals surface area contributed by atoms with E-state index in [1.807, 2.05) is 20.8 Å². The number of hydrogen-bond donors (Lipinski definition) is 2. The lowest BCUT2D eigenvalue weighted by molar-refractivity contribution is -0.0478. The lowest BCUT2D eigenvalue weighted by atomic mass is 10.2. The summed E-state index contributed by atoms with van der Waals surface area (Å²) in [4.78, 5) is 2.32. The van der Waals surface area contributed by atoms with E-state index in [2.05, 4.69) is 31.1 Å². The number of ether oxygens (including phenoxy) is 1. The van der Waals surface area contributed by atoms with E-state index < -0.39 is 6.10 Å². The van der Waals surface area contributed by atoms with Gasteiger partial charge in [-0.1, -0.05) is 6.92 Å². The van der Waals surface area contributed by atoms with Gasteiger partial charge in [-0.3, -0.25) is 0 Å². The Labute approximate surface area is 113 Å². The number of rotatable bonds is 9. The maximum absolute atomic E-state index is 9.73. The zero-order valence-electron chi connectivity index (χ0n) is 13.0. The molecule has 0 heterocycles. The summed E-state index contributed by atoms with van der Waals surface area (Å²) in [5, 5.41) is 13.0. The highest BCUT2D eigenvalue weighted by Gasteiger charge is 2.13. The molecule has 0 saturated heterocycles. The highest BCUT2D eigenvalue weighted by atomic mass is 16.5. The average Bonchev–Trinajstić information content (AvgIpc) is 2.29. The van der Waals surface area contributed by atoms with Crippen molar-refractivity contribution in [3.05, 3.63) is 0 Å². The molecular formula is C14H32N2O2. The second-order valence-corrected chi connectivity index (χ2v) is 6.02. The van der Waals surface area contributed by atoms with E-state index in [1.54, 1.807) is 0 Å². The molecule has 0 aromatic rings. The fourth-order valence-corrected chi connectivity index (χ4v) is 1.46. The molecule has 0 fully saturated rings. The third kappa shape index (κ3) is 9.83. The molecule has 4 heteroatoms. The molecule has 18 heavy (non-hydrogen) atoms. The molecule has 0 aliphatic heterocycles. The summed E-state index contributed by atoms with van der Waals surface area (Å²) in [6.45, 7) is 13.3. The summed E-state index contributed by atoms with van der Waals surface area (Å²) >= 11 is 0. The highest BCUT2D eigenvalue weighted by Crippen LogP contribution is 2.06. The molecule has 0 rings (SSSR count). The van der Waals surface area contributed by atoms with E-state index in [1.165, 1.54) is 6.42 Å². The third-order valence-electron chi connectivity index (χ3n) is 3.07. The average molecular weight is 260 g/mol. The van der Waals surface area contributed by atoms with Crippen LogP contribution in [0.4, 0.5) is 0 Å². The molecule has 110 valence electrons. The molecule has 2 N–H and O–H groups in total. The molecule has 0 amide bonds. The van der Waals surface area contributed by atoms with Crippen LogP contribution >= 0.6 is 0 Å². The maximum atomic E-state index is 9.73. The van der Waals surface area contributed by atoms with Gasteiger partial charge in [0.05, 0.1) is 18.3 Å². The van der Waals surface area contributed by atoms with Gasteiger partial charge in [0, 0.05) is 25.7 Å². The second kappa shape index (κ2) is 8.86. The van der Waals surface area contributed by atoms with E-state index in [-0.39, 0.29) is 5.60 Å². The van der Waals surface area contributed by atoms with Gasteiger partial charge in [-0.2, -0.15) is 0 Å². The van der Waals surface area contributed by atoms with Crippen molar-refractivity contribution in [1.82, 2.24) is 10.2 Å². The molecule has 2 unspecified atom stereocenters. The van der Waals surface area contributed by atoms with Gasteiger partial charge in [-0.25, -0.2) is 0 Å². The van der Waals surface area contributed by atoms with Crippen LogP contribution in [0.1, 0.15) is 41.0 Å². The number of nitrogens with one attached hydrogen (secondary N) is 1. The molecule has 0 spiro atoms. The van der Waals surface area contributed by atoms with Gasteiger partial charge < -0.3 is 20.1 Å². The number of hydrogen-bond acceptors (Lipinski definition) is 4. The lowest BCUT2D eigenvalue weighted by Gasteiger charge is -2.24. The third-order valence-corrected chi connectivity index (χ3v) is 3.07. The number of aliphatic hydroxyl groups excluding tert-OH is 1. The number of nitrogens with zero attached hydrogens (tertiary/aromatic N) is 1. The minimum absolute atomic E-state index is 0.183. The van der Waals surface area contributed by atoms with Gasteiger partial charge in [0.25, 0.3) is 0 Å². The van der Waals surface area contributed by atoms with Crippen molar-refractivity contribution in [2.75, 3.05) is 33.3 Å². The Morgan fingerprint density at radius 3 is 2.44 bits per heavy atom. The van der Waals surface area contributed by atoms with Crippen molar-refractivity contribution in [2.45, 2.75) is 58.8 Å². The van der Waals surface area contributed by atoms with Gasteiger partial charge in [-0.15, -0.1) is 0 Å². The highest BCUT2D eigenvalue weighted by molar-refractivity contribution is 4.66. The normalized spacial score (nSPS) is 16.0. The van der Waals surface area contributed by atoms with E-state index in [0.29, 0.717) is 19.2 Å². The fourth-order valence-electron chi connectivity index (χ4n) is 1.46. The van der Waals surface area contributed by atoms with Gasteiger partial charge in [0.2, 0.25) is 0 Å². The first-order valence-electron chi connectivity index (χ1n) is 6.99. The van der Waals surface area contributed by atoms with Crippen molar-refractivity contribution in [2.24, 2.45) is 0 Å². The van der Waals surface area contributed by atoms with Crippen LogP contribution in [0.5, 0.6) is 0 Å². The smallest absolute Gasteiger partial charge is 0.0897 e. The van der Waals surface area contributed by atoms with Crippen LogP contribution in [0, 0.1) is 0 Å². The Morgan fingerprint density at radius 1 is 1.33 bits per heavy atom. The van der Waals surface area contributed by atoms with Crippen LogP contribution in [0.3, 0.4) is 0 Å². The van der Waals surface area contributed by atoms with E-state index >= 15 is 0 Å². The Balaban J connectivity index is 3.54. The van der Waals surface area contributed by atoms with Crippen LogP contribution in [0.15, 0.2) is 0 Å². The molecule has 0 saturated carbocycles. The summed E-state index contributed by atoms with van der Waals surface area (Å²) in [6.07, 6.45) is 0.733. The molecule has 0 aliphatic rings. The predicted molar refractivity (Wildman–Crippen MR) is 77.0 cm³/mol.